The van der Waals surface area contributed by atoms with E-state index in [-0.39, 0.29) is 16.6 Å². The third kappa shape index (κ3) is 4.64. The molecule has 1 aromatic heterocycles. The summed E-state index contributed by atoms with van der Waals surface area (Å²) in [6.07, 6.45) is 2.42. The minimum atomic E-state index is -0.435. The first kappa shape index (κ1) is 26.2. The second-order valence-electron chi connectivity index (χ2n) is 9.11. The molecule has 3 aromatic carbocycles. The molecule has 5 rings (SSSR count). The Morgan fingerprint density at radius 2 is 1.63 bits per heavy atom. The molecule has 5 nitrogen and oxygen atoms in total. The fourth-order valence-corrected chi connectivity index (χ4v) is 5.64. The van der Waals surface area contributed by atoms with Crippen LogP contribution in [0, 0.1) is 6.92 Å². The first-order valence-corrected chi connectivity index (χ1v) is 13.5. The van der Waals surface area contributed by atoms with E-state index in [1.165, 1.54) is 9.80 Å². The van der Waals surface area contributed by atoms with Gasteiger partial charge in [-0.05, 0) is 67.5 Å². The molecule has 1 fully saturated rings. The highest BCUT2D eigenvalue weighted by atomic mass is 35.5. The van der Waals surface area contributed by atoms with Gasteiger partial charge < -0.3 is 4.57 Å². The Kier molecular flexibility index (Phi) is 7.39. The standard InChI is InChI=1S/C30H25Cl2N3O2S/c1-3-15-33-28(36)25(29(37)35(30(33)38)22-9-5-4-6-10-22)17-24-19(2)34(27-12-8-7-11-23(24)27)18-20-13-14-21(31)16-26(20)32/h4-14,16-17H,3,15,18H2,1-2H3/b25-17+. The molecule has 2 amide bonds. The van der Waals surface area contributed by atoms with Crippen LogP contribution < -0.4 is 4.90 Å². The predicted octanol–water partition coefficient (Wildman–Crippen LogP) is 7.26. The van der Waals surface area contributed by atoms with Gasteiger partial charge in [-0.2, -0.15) is 0 Å². The Bertz CT molecular complexity index is 1610. The second-order valence-corrected chi connectivity index (χ2v) is 10.3. The van der Waals surface area contributed by atoms with Crippen molar-refractivity contribution < 1.29 is 9.59 Å². The predicted molar refractivity (Wildman–Crippen MR) is 159 cm³/mol. The molecule has 1 saturated heterocycles. The molecule has 0 radical (unpaired) electrons. The maximum Gasteiger partial charge on any atom is 0.270 e. The fourth-order valence-electron chi connectivity index (χ4n) is 4.81. The summed E-state index contributed by atoms with van der Waals surface area (Å²) in [5, 5.41) is 2.28. The number of halogens is 2. The van der Waals surface area contributed by atoms with Crippen LogP contribution in [0.3, 0.4) is 0 Å². The molecule has 0 unspecified atom stereocenters. The summed E-state index contributed by atoms with van der Waals surface area (Å²) in [5.74, 6) is -0.818. The highest BCUT2D eigenvalue weighted by molar-refractivity contribution is 7.80. The van der Waals surface area contributed by atoms with E-state index in [1.807, 2.05) is 80.6 Å². The molecule has 1 aliphatic rings. The van der Waals surface area contributed by atoms with Crippen molar-refractivity contribution in [2.45, 2.75) is 26.8 Å². The molecule has 4 aromatic rings. The summed E-state index contributed by atoms with van der Waals surface area (Å²) in [5.41, 5.74) is 4.30. The Morgan fingerprint density at radius 3 is 2.34 bits per heavy atom. The zero-order valence-electron chi connectivity index (χ0n) is 20.9. The van der Waals surface area contributed by atoms with Crippen molar-refractivity contribution in [1.29, 1.82) is 0 Å². The molecule has 0 atom stereocenters. The quantitative estimate of drug-likeness (QED) is 0.141. The van der Waals surface area contributed by atoms with Gasteiger partial charge in [-0.25, -0.2) is 0 Å². The summed E-state index contributed by atoms with van der Waals surface area (Å²) in [6, 6.07) is 22.6. The third-order valence-electron chi connectivity index (χ3n) is 6.70. The Hall–Kier alpha value is -3.45. The number of amides is 2. The number of hydrogen-bond acceptors (Lipinski definition) is 3. The summed E-state index contributed by atoms with van der Waals surface area (Å²) < 4.78 is 2.14. The van der Waals surface area contributed by atoms with Gasteiger partial charge in [-0.15, -0.1) is 0 Å². The molecule has 0 spiro atoms. The number of rotatable bonds is 6. The lowest BCUT2D eigenvalue weighted by Crippen LogP contribution is -2.56. The summed E-state index contributed by atoms with van der Waals surface area (Å²) in [6.45, 7) is 4.89. The molecule has 38 heavy (non-hydrogen) atoms. The number of carbonyl (C=O) groups is 2. The van der Waals surface area contributed by atoms with Crippen LogP contribution in [-0.4, -0.2) is 32.9 Å². The number of hydrogen-bond donors (Lipinski definition) is 0. The molecule has 0 saturated carbocycles. The number of para-hydroxylation sites is 2. The van der Waals surface area contributed by atoms with E-state index in [4.69, 9.17) is 35.4 Å². The summed E-state index contributed by atoms with van der Waals surface area (Å²) in [4.78, 5) is 30.4. The average Bonchev–Trinajstić information content (AvgIpc) is 3.17. The Morgan fingerprint density at radius 1 is 0.921 bits per heavy atom. The number of anilines is 1. The van der Waals surface area contributed by atoms with Crippen molar-refractivity contribution >= 4 is 75.0 Å². The fraction of sp³-hybridized carbons (Fsp3) is 0.167. The van der Waals surface area contributed by atoms with E-state index in [9.17, 15) is 9.59 Å². The normalized spacial score (nSPS) is 15.3. The number of nitrogens with zero attached hydrogens (tertiary/aromatic N) is 3. The monoisotopic (exact) mass is 561 g/mol. The minimum absolute atomic E-state index is 0.0754. The zero-order valence-corrected chi connectivity index (χ0v) is 23.3. The lowest BCUT2D eigenvalue weighted by molar-refractivity contribution is -0.127. The lowest BCUT2D eigenvalue weighted by atomic mass is 10.0. The van der Waals surface area contributed by atoms with Gasteiger partial charge in [-0.1, -0.05) is 72.6 Å². The molecule has 192 valence electrons. The van der Waals surface area contributed by atoms with Crippen molar-refractivity contribution in [2.75, 3.05) is 11.4 Å². The van der Waals surface area contributed by atoms with E-state index < -0.39 is 5.91 Å². The van der Waals surface area contributed by atoms with Crippen LogP contribution in [0.4, 0.5) is 5.69 Å². The first-order valence-electron chi connectivity index (χ1n) is 12.3. The van der Waals surface area contributed by atoms with Crippen LogP contribution in [0.1, 0.15) is 30.2 Å². The van der Waals surface area contributed by atoms with Crippen LogP contribution in [0.15, 0.2) is 78.4 Å². The smallest absolute Gasteiger partial charge is 0.270 e. The van der Waals surface area contributed by atoms with Crippen molar-refractivity contribution in [1.82, 2.24) is 9.47 Å². The SMILES string of the molecule is CCCN1C(=O)/C(=C\c2c(C)n(Cc3ccc(Cl)cc3Cl)c3ccccc23)C(=O)N(c2ccccc2)C1=S. The van der Waals surface area contributed by atoms with Crippen molar-refractivity contribution in [3.63, 3.8) is 0 Å². The van der Waals surface area contributed by atoms with Gasteiger partial charge in [0, 0.05) is 45.3 Å². The molecule has 0 bridgehead atoms. The van der Waals surface area contributed by atoms with E-state index >= 15 is 0 Å². The van der Waals surface area contributed by atoms with Crippen molar-refractivity contribution in [3.05, 3.63) is 105 Å². The van der Waals surface area contributed by atoms with Gasteiger partial charge >= 0.3 is 0 Å². The third-order valence-corrected chi connectivity index (χ3v) is 7.69. The number of carbonyl (C=O) groups excluding carboxylic acids is 2. The Balaban J connectivity index is 1.66. The topological polar surface area (TPSA) is 45.6 Å². The van der Waals surface area contributed by atoms with Crippen LogP contribution in [-0.2, 0) is 16.1 Å². The van der Waals surface area contributed by atoms with E-state index in [0.29, 0.717) is 35.2 Å². The summed E-state index contributed by atoms with van der Waals surface area (Å²) in [7, 11) is 0. The maximum absolute atomic E-state index is 13.8. The molecular formula is C30H25Cl2N3O2S. The molecule has 2 heterocycles. The van der Waals surface area contributed by atoms with E-state index in [1.54, 1.807) is 12.1 Å². The molecule has 0 aliphatic carbocycles. The second kappa shape index (κ2) is 10.7. The van der Waals surface area contributed by atoms with Gasteiger partial charge in [0.05, 0.1) is 5.69 Å². The molecule has 0 N–H and O–H groups in total. The lowest BCUT2D eigenvalue weighted by Gasteiger charge is -2.36. The highest BCUT2D eigenvalue weighted by Crippen LogP contribution is 2.33. The van der Waals surface area contributed by atoms with Crippen LogP contribution in [0.5, 0.6) is 0 Å². The number of fused-ring (bicyclic) bond motifs is 1. The average molecular weight is 563 g/mol. The van der Waals surface area contributed by atoms with Gasteiger partial charge in [0.15, 0.2) is 5.11 Å². The van der Waals surface area contributed by atoms with Crippen molar-refractivity contribution in [3.8, 4) is 0 Å². The van der Waals surface area contributed by atoms with Gasteiger partial charge in [-0.3, -0.25) is 19.4 Å². The van der Waals surface area contributed by atoms with Gasteiger partial charge in [0.2, 0.25) is 0 Å². The van der Waals surface area contributed by atoms with E-state index in [2.05, 4.69) is 4.57 Å². The van der Waals surface area contributed by atoms with E-state index in [0.717, 1.165) is 27.7 Å². The first-order chi connectivity index (χ1) is 18.3. The number of aromatic nitrogens is 1. The highest BCUT2D eigenvalue weighted by Gasteiger charge is 2.40. The minimum Gasteiger partial charge on any atom is -0.340 e. The number of benzene rings is 3. The Labute approximate surface area is 236 Å². The molecule has 1 aliphatic heterocycles. The molecule has 8 heteroatoms. The van der Waals surface area contributed by atoms with Crippen molar-refractivity contribution in [2.24, 2.45) is 0 Å². The molecular weight excluding hydrogens is 537 g/mol. The number of thiocarbonyl (C=S) groups is 1. The zero-order chi connectivity index (χ0) is 27.0. The maximum atomic E-state index is 13.8. The largest absolute Gasteiger partial charge is 0.340 e. The van der Waals surface area contributed by atoms with Gasteiger partial charge in [0.1, 0.15) is 5.57 Å². The summed E-state index contributed by atoms with van der Waals surface area (Å²) >= 11 is 18.2. The van der Waals surface area contributed by atoms with Crippen LogP contribution in [0.2, 0.25) is 10.0 Å². The van der Waals surface area contributed by atoms with Crippen LogP contribution >= 0.6 is 35.4 Å². The van der Waals surface area contributed by atoms with Crippen LogP contribution in [0.25, 0.3) is 17.0 Å². The van der Waals surface area contributed by atoms with Gasteiger partial charge in [0.25, 0.3) is 11.8 Å².